The highest BCUT2D eigenvalue weighted by Gasteiger charge is 2.17. The molecule has 0 radical (unpaired) electrons. The summed E-state index contributed by atoms with van der Waals surface area (Å²) in [4.78, 5) is 12.4. The van der Waals surface area contributed by atoms with E-state index in [-0.39, 0.29) is 12.5 Å². The molecule has 0 saturated carbocycles. The average molecular weight is 810 g/mol. The lowest BCUT2D eigenvalue weighted by Gasteiger charge is -2.19. The molecule has 0 saturated heterocycles. The molecule has 3 N–H and O–H groups in total. The zero-order chi connectivity index (χ0) is 42.1. The number of carbonyl (C=O) groups excluding carboxylic acids is 1. The van der Waals surface area contributed by atoms with E-state index in [9.17, 15) is 15.0 Å². The first kappa shape index (κ1) is 56.1. The molecule has 0 aromatic rings. The number of unbranched alkanes of at least 4 members (excludes halogenated alkanes) is 31. The second-order valence-electron chi connectivity index (χ2n) is 17.2. The molecule has 0 spiro atoms. The summed E-state index contributed by atoms with van der Waals surface area (Å²) in [6.07, 6.45) is 69.3. The summed E-state index contributed by atoms with van der Waals surface area (Å²) in [7, 11) is 0. The van der Waals surface area contributed by atoms with Crippen LogP contribution in [0.5, 0.6) is 0 Å². The van der Waals surface area contributed by atoms with Crippen molar-refractivity contribution in [1.29, 1.82) is 0 Å². The monoisotopic (exact) mass is 810 g/mol. The lowest BCUT2D eigenvalue weighted by atomic mass is 10.0. The molecule has 2 atom stereocenters. The van der Waals surface area contributed by atoms with Crippen molar-refractivity contribution < 1.29 is 15.0 Å². The van der Waals surface area contributed by atoms with Crippen LogP contribution in [0.25, 0.3) is 0 Å². The van der Waals surface area contributed by atoms with E-state index in [4.69, 9.17) is 0 Å². The first-order valence-corrected chi connectivity index (χ1v) is 25.5. The number of allylic oxidation sites excluding steroid dienone is 9. The van der Waals surface area contributed by atoms with E-state index in [1.165, 1.54) is 193 Å². The molecule has 0 aromatic carbocycles. The molecule has 0 aliphatic rings. The third kappa shape index (κ3) is 45.2. The zero-order valence-corrected chi connectivity index (χ0v) is 38.8. The van der Waals surface area contributed by atoms with Gasteiger partial charge in [0.25, 0.3) is 0 Å². The van der Waals surface area contributed by atoms with Gasteiger partial charge in [0, 0.05) is 6.42 Å². The summed E-state index contributed by atoms with van der Waals surface area (Å²) >= 11 is 0. The van der Waals surface area contributed by atoms with Crippen molar-refractivity contribution in [2.24, 2.45) is 0 Å². The quantitative estimate of drug-likeness (QED) is 0.0424. The first-order chi connectivity index (χ1) is 28.7. The van der Waals surface area contributed by atoms with Gasteiger partial charge < -0.3 is 15.5 Å². The van der Waals surface area contributed by atoms with Crippen molar-refractivity contribution in [3.63, 3.8) is 0 Å². The molecule has 0 aliphatic heterocycles. The lowest BCUT2D eigenvalue weighted by molar-refractivity contribution is -0.123. The molecule has 1 amide bonds. The fourth-order valence-electron chi connectivity index (χ4n) is 7.55. The molecule has 0 fully saturated rings. The predicted molar refractivity (Wildman–Crippen MR) is 258 cm³/mol. The van der Waals surface area contributed by atoms with E-state index in [1.807, 2.05) is 6.08 Å². The normalized spacial score (nSPS) is 13.4. The predicted octanol–water partition coefficient (Wildman–Crippen LogP) is 16.5. The van der Waals surface area contributed by atoms with Crippen LogP contribution in [0.3, 0.4) is 0 Å². The Balaban J connectivity index is 3.52. The van der Waals surface area contributed by atoms with Gasteiger partial charge >= 0.3 is 0 Å². The summed E-state index contributed by atoms with van der Waals surface area (Å²) < 4.78 is 0. The number of hydrogen-bond acceptors (Lipinski definition) is 3. The minimum atomic E-state index is -0.863. The Bertz CT molecular complexity index is 965. The molecule has 2 unspecified atom stereocenters. The number of carbonyl (C=O) groups is 1. The third-order valence-corrected chi connectivity index (χ3v) is 11.5. The van der Waals surface area contributed by atoms with Crippen LogP contribution in [0.2, 0.25) is 0 Å². The van der Waals surface area contributed by atoms with E-state index < -0.39 is 12.1 Å². The van der Waals surface area contributed by atoms with Gasteiger partial charge in [0.05, 0.1) is 18.8 Å². The molecule has 0 bridgehead atoms. The number of nitrogens with one attached hydrogen (secondary N) is 1. The van der Waals surface area contributed by atoms with Crippen LogP contribution < -0.4 is 5.32 Å². The first-order valence-electron chi connectivity index (χ1n) is 25.5. The van der Waals surface area contributed by atoms with Crippen LogP contribution in [0, 0.1) is 0 Å². The standard InChI is InChI=1S/C54H99NO3/c1-3-5-7-9-11-13-15-17-19-20-21-22-23-24-25-26-27-28-29-30-31-32-33-34-36-38-40-42-44-46-48-50-54(58)55-52(51-56)53(57)49-47-45-43-41-39-37-35-18-16-14-12-10-8-6-4-2/h15,17,20-21,23-24,39,41,47,49,52-53,56-57H,3-14,16,18-19,22,25-38,40,42-46,48,50-51H2,1-2H3,(H,55,58)/b17-15-,21-20-,24-23-,41-39+,49-47+. The van der Waals surface area contributed by atoms with Crippen LogP contribution >= 0.6 is 0 Å². The number of rotatable bonds is 46. The summed E-state index contributed by atoms with van der Waals surface area (Å²) in [5, 5.41) is 23.0. The molecule has 0 aromatic heterocycles. The van der Waals surface area contributed by atoms with Gasteiger partial charge in [0.1, 0.15) is 0 Å². The van der Waals surface area contributed by atoms with Crippen LogP contribution in [0.4, 0.5) is 0 Å². The molecule has 338 valence electrons. The summed E-state index contributed by atoms with van der Waals surface area (Å²) in [5.41, 5.74) is 0. The molecule has 4 nitrogen and oxygen atoms in total. The topological polar surface area (TPSA) is 69.6 Å². The number of aliphatic hydroxyl groups excluding tert-OH is 2. The van der Waals surface area contributed by atoms with E-state index in [1.54, 1.807) is 6.08 Å². The van der Waals surface area contributed by atoms with Crippen LogP contribution in [-0.2, 0) is 4.79 Å². The van der Waals surface area contributed by atoms with Crippen LogP contribution in [0.1, 0.15) is 258 Å². The minimum Gasteiger partial charge on any atom is -0.394 e. The molecule has 0 rings (SSSR count). The number of aliphatic hydroxyl groups is 2. The van der Waals surface area contributed by atoms with Crippen molar-refractivity contribution in [3.05, 3.63) is 60.8 Å². The summed E-state index contributed by atoms with van der Waals surface area (Å²) in [5.74, 6) is -0.0738. The van der Waals surface area contributed by atoms with E-state index in [0.29, 0.717) is 6.42 Å². The van der Waals surface area contributed by atoms with Crippen molar-refractivity contribution >= 4 is 5.91 Å². The molecule has 4 heteroatoms. The smallest absolute Gasteiger partial charge is 0.220 e. The molecule has 58 heavy (non-hydrogen) atoms. The fourth-order valence-corrected chi connectivity index (χ4v) is 7.55. The van der Waals surface area contributed by atoms with Gasteiger partial charge in [0.15, 0.2) is 0 Å². The fraction of sp³-hybridized carbons (Fsp3) is 0.796. The van der Waals surface area contributed by atoms with Gasteiger partial charge in [-0.1, -0.05) is 242 Å². The second-order valence-corrected chi connectivity index (χ2v) is 17.2. The van der Waals surface area contributed by atoms with E-state index >= 15 is 0 Å². The molecular weight excluding hydrogens is 711 g/mol. The van der Waals surface area contributed by atoms with Crippen LogP contribution in [-0.4, -0.2) is 34.9 Å². The van der Waals surface area contributed by atoms with E-state index in [2.05, 4.69) is 67.8 Å². The largest absolute Gasteiger partial charge is 0.394 e. The van der Waals surface area contributed by atoms with Crippen molar-refractivity contribution in [2.45, 2.75) is 270 Å². The number of amides is 1. The van der Waals surface area contributed by atoms with Gasteiger partial charge in [-0.15, -0.1) is 0 Å². The maximum atomic E-state index is 12.4. The Morgan fingerprint density at radius 1 is 0.414 bits per heavy atom. The Morgan fingerprint density at radius 3 is 1.12 bits per heavy atom. The molecule has 0 heterocycles. The van der Waals surface area contributed by atoms with E-state index in [0.717, 1.165) is 44.9 Å². The summed E-state index contributed by atoms with van der Waals surface area (Å²) in [6.45, 7) is 4.29. The minimum absolute atomic E-state index is 0.0738. The highest BCUT2D eigenvalue weighted by Crippen LogP contribution is 2.15. The third-order valence-electron chi connectivity index (χ3n) is 11.5. The van der Waals surface area contributed by atoms with Gasteiger partial charge in [-0.2, -0.15) is 0 Å². The van der Waals surface area contributed by atoms with Gasteiger partial charge in [0.2, 0.25) is 5.91 Å². The average Bonchev–Trinajstić information content (AvgIpc) is 3.23. The Hall–Kier alpha value is -1.91. The van der Waals surface area contributed by atoms with Crippen molar-refractivity contribution in [2.75, 3.05) is 6.61 Å². The Labute approximate surface area is 362 Å². The zero-order valence-electron chi connectivity index (χ0n) is 38.8. The lowest BCUT2D eigenvalue weighted by Crippen LogP contribution is -2.45. The van der Waals surface area contributed by atoms with Crippen molar-refractivity contribution in [3.8, 4) is 0 Å². The molecule has 0 aliphatic carbocycles. The van der Waals surface area contributed by atoms with Crippen molar-refractivity contribution in [1.82, 2.24) is 5.32 Å². The Morgan fingerprint density at radius 2 is 0.724 bits per heavy atom. The van der Waals surface area contributed by atoms with Gasteiger partial charge in [-0.05, 0) is 70.6 Å². The van der Waals surface area contributed by atoms with Gasteiger partial charge in [-0.3, -0.25) is 4.79 Å². The molecular formula is C54H99NO3. The highest BCUT2D eigenvalue weighted by molar-refractivity contribution is 5.76. The Kier molecular flexibility index (Phi) is 47.8. The SMILES string of the molecule is CCCCCCC/C=C\C/C=C\C/C=C\CCCCCCCCCCCCCCCCCCC(=O)NC(CO)C(O)/C=C/CC/C=C/CCCCCCCCCCC. The van der Waals surface area contributed by atoms with Gasteiger partial charge in [-0.25, -0.2) is 0 Å². The maximum Gasteiger partial charge on any atom is 0.220 e. The number of hydrogen-bond donors (Lipinski definition) is 3. The van der Waals surface area contributed by atoms with Crippen LogP contribution in [0.15, 0.2) is 60.8 Å². The highest BCUT2D eigenvalue weighted by atomic mass is 16.3. The second kappa shape index (κ2) is 49.5. The maximum absolute atomic E-state index is 12.4. The summed E-state index contributed by atoms with van der Waals surface area (Å²) in [6, 6.07) is -0.640.